The molecule has 0 bridgehead atoms. The highest BCUT2D eigenvalue weighted by atomic mass is 35.5. The Labute approximate surface area is 176 Å². The largest absolute Gasteiger partial charge is 0.496 e. The van der Waals surface area contributed by atoms with E-state index in [2.05, 4.69) is 52.7 Å². The molecule has 4 rings (SSSR count). The van der Waals surface area contributed by atoms with E-state index in [1.54, 1.807) is 25.3 Å². The van der Waals surface area contributed by atoms with Gasteiger partial charge in [-0.1, -0.05) is 54.1 Å². The fourth-order valence-corrected chi connectivity index (χ4v) is 4.34. The molecular weight excluding hydrogens is 384 g/mol. The highest BCUT2D eigenvalue weighted by Crippen LogP contribution is 2.31. The molecule has 1 fully saturated rings. The average molecular weight is 409 g/mol. The van der Waals surface area contributed by atoms with E-state index in [0.717, 1.165) is 13.1 Å². The molecule has 0 aliphatic carbocycles. The first-order chi connectivity index (χ1) is 14.2. The second kappa shape index (κ2) is 8.85. The van der Waals surface area contributed by atoms with Crippen molar-refractivity contribution in [1.29, 1.82) is 0 Å². The van der Waals surface area contributed by atoms with Gasteiger partial charge in [0.2, 0.25) is 0 Å². The third kappa shape index (κ3) is 4.24. The van der Waals surface area contributed by atoms with Gasteiger partial charge in [-0.25, -0.2) is 0 Å². The zero-order valence-electron chi connectivity index (χ0n) is 16.5. The van der Waals surface area contributed by atoms with Crippen molar-refractivity contribution in [3.05, 3.63) is 76.8 Å². The molecule has 1 aliphatic rings. The molecule has 1 heterocycles. The molecule has 0 aromatic heterocycles. The molecular formula is C24H25ClN2O2. The minimum Gasteiger partial charge on any atom is -0.496 e. The summed E-state index contributed by atoms with van der Waals surface area (Å²) in [5.41, 5.74) is 1.71. The van der Waals surface area contributed by atoms with Crippen LogP contribution in [0.5, 0.6) is 5.75 Å². The number of halogens is 1. The molecule has 3 aromatic rings. The Balaban J connectivity index is 1.62. The van der Waals surface area contributed by atoms with Crippen LogP contribution in [0.3, 0.4) is 0 Å². The number of benzene rings is 3. The van der Waals surface area contributed by atoms with E-state index in [-0.39, 0.29) is 11.9 Å². The van der Waals surface area contributed by atoms with Crippen molar-refractivity contribution in [2.24, 2.45) is 0 Å². The third-order valence-electron chi connectivity index (χ3n) is 5.63. The molecule has 1 N–H and O–H groups in total. The summed E-state index contributed by atoms with van der Waals surface area (Å²) < 4.78 is 5.34. The Bertz CT molecular complexity index is 1010. The van der Waals surface area contributed by atoms with Gasteiger partial charge in [0.1, 0.15) is 5.75 Å². The van der Waals surface area contributed by atoms with Crippen molar-refractivity contribution in [3.8, 4) is 5.75 Å². The van der Waals surface area contributed by atoms with E-state index in [4.69, 9.17) is 16.3 Å². The maximum atomic E-state index is 12.9. The monoisotopic (exact) mass is 408 g/mol. The Hall–Kier alpha value is -2.56. The number of rotatable bonds is 6. The van der Waals surface area contributed by atoms with E-state index in [1.165, 1.54) is 29.2 Å². The van der Waals surface area contributed by atoms with Gasteiger partial charge < -0.3 is 10.1 Å². The lowest BCUT2D eigenvalue weighted by atomic mass is 9.97. The number of amides is 1. The zero-order chi connectivity index (χ0) is 20.2. The van der Waals surface area contributed by atoms with Crippen molar-refractivity contribution in [2.75, 3.05) is 26.7 Å². The Morgan fingerprint density at radius 3 is 2.66 bits per heavy atom. The zero-order valence-corrected chi connectivity index (χ0v) is 17.3. The number of fused-ring (bicyclic) bond motifs is 1. The van der Waals surface area contributed by atoms with E-state index < -0.39 is 0 Å². The van der Waals surface area contributed by atoms with Crippen molar-refractivity contribution in [3.63, 3.8) is 0 Å². The predicted molar refractivity (Wildman–Crippen MR) is 118 cm³/mol. The molecule has 150 valence electrons. The van der Waals surface area contributed by atoms with Crippen LogP contribution < -0.4 is 10.1 Å². The number of nitrogens with one attached hydrogen (secondary N) is 1. The van der Waals surface area contributed by atoms with E-state index in [9.17, 15) is 4.79 Å². The van der Waals surface area contributed by atoms with Crippen LogP contribution in [-0.4, -0.2) is 37.6 Å². The highest BCUT2D eigenvalue weighted by molar-refractivity contribution is 6.31. The lowest BCUT2D eigenvalue weighted by Gasteiger charge is -2.29. The number of ether oxygens (including phenoxy) is 1. The number of nitrogens with zero attached hydrogens (tertiary/aromatic N) is 1. The number of methoxy groups -OCH3 is 1. The van der Waals surface area contributed by atoms with E-state index in [1.807, 2.05) is 0 Å². The fraction of sp³-hybridized carbons (Fsp3) is 0.292. The molecule has 1 amide bonds. The van der Waals surface area contributed by atoms with Gasteiger partial charge in [0.05, 0.1) is 18.7 Å². The van der Waals surface area contributed by atoms with Crippen LogP contribution in [0.2, 0.25) is 5.02 Å². The van der Waals surface area contributed by atoms with Crippen LogP contribution >= 0.6 is 11.6 Å². The van der Waals surface area contributed by atoms with E-state index >= 15 is 0 Å². The first kappa shape index (κ1) is 19.7. The number of carbonyl (C=O) groups excluding carboxylic acids is 1. The number of hydrogen-bond acceptors (Lipinski definition) is 3. The Morgan fingerprint density at radius 1 is 1.10 bits per heavy atom. The maximum absolute atomic E-state index is 12.9. The van der Waals surface area contributed by atoms with Gasteiger partial charge in [0.25, 0.3) is 5.91 Å². The standard InChI is InChI=1S/C24H25ClN2O2/c1-29-23-12-11-18(25)15-21(23)24(28)26-16-22(27-13-4-5-14-27)20-10-6-8-17-7-2-3-9-19(17)20/h2-3,6-12,15,22H,4-5,13-14,16H2,1H3,(H,26,28)/t22-/m0/s1. The molecule has 0 spiro atoms. The smallest absolute Gasteiger partial charge is 0.255 e. The maximum Gasteiger partial charge on any atom is 0.255 e. The van der Waals surface area contributed by atoms with Crippen LogP contribution in [0.25, 0.3) is 10.8 Å². The van der Waals surface area contributed by atoms with Gasteiger partial charge in [-0.15, -0.1) is 0 Å². The quantitative estimate of drug-likeness (QED) is 0.619. The Kier molecular flexibility index (Phi) is 6.02. The van der Waals surface area contributed by atoms with Crippen molar-refractivity contribution >= 4 is 28.3 Å². The first-order valence-corrected chi connectivity index (χ1v) is 10.4. The summed E-state index contributed by atoms with van der Waals surface area (Å²) in [7, 11) is 1.56. The van der Waals surface area contributed by atoms with Crippen molar-refractivity contribution in [1.82, 2.24) is 10.2 Å². The molecule has 0 radical (unpaired) electrons. The van der Waals surface area contributed by atoms with Gasteiger partial charge in [-0.3, -0.25) is 9.69 Å². The second-order valence-electron chi connectivity index (χ2n) is 7.38. The SMILES string of the molecule is COc1ccc(Cl)cc1C(=O)NC[C@@H](c1cccc2ccccc12)N1CCCC1. The molecule has 5 heteroatoms. The summed E-state index contributed by atoms with van der Waals surface area (Å²) in [4.78, 5) is 15.4. The van der Waals surface area contributed by atoms with Crippen molar-refractivity contribution in [2.45, 2.75) is 18.9 Å². The molecule has 0 unspecified atom stereocenters. The minimum atomic E-state index is -0.172. The summed E-state index contributed by atoms with van der Waals surface area (Å²) in [5.74, 6) is 0.351. The molecule has 1 aliphatic heterocycles. The molecule has 29 heavy (non-hydrogen) atoms. The molecule has 4 nitrogen and oxygen atoms in total. The lowest BCUT2D eigenvalue weighted by molar-refractivity contribution is 0.0935. The summed E-state index contributed by atoms with van der Waals surface area (Å²) in [5, 5.41) is 6.09. The van der Waals surface area contributed by atoms with Crippen LogP contribution in [0.1, 0.15) is 34.8 Å². The normalized spacial score (nSPS) is 15.4. The fourth-order valence-electron chi connectivity index (χ4n) is 4.17. The van der Waals surface area contributed by atoms with Crippen LogP contribution in [-0.2, 0) is 0 Å². The van der Waals surface area contributed by atoms with Crippen LogP contribution in [0.4, 0.5) is 0 Å². The van der Waals surface area contributed by atoms with Gasteiger partial charge in [0.15, 0.2) is 0 Å². The molecule has 3 aromatic carbocycles. The first-order valence-electron chi connectivity index (χ1n) is 10.0. The summed E-state index contributed by atoms with van der Waals surface area (Å²) >= 11 is 6.10. The molecule has 0 saturated carbocycles. The van der Waals surface area contributed by atoms with Gasteiger partial charge >= 0.3 is 0 Å². The summed E-state index contributed by atoms with van der Waals surface area (Å²) in [6.07, 6.45) is 2.38. The molecule has 1 saturated heterocycles. The summed E-state index contributed by atoms with van der Waals surface area (Å²) in [6.45, 7) is 2.62. The third-order valence-corrected chi connectivity index (χ3v) is 5.86. The highest BCUT2D eigenvalue weighted by Gasteiger charge is 2.26. The van der Waals surface area contributed by atoms with Crippen LogP contribution in [0.15, 0.2) is 60.7 Å². The Morgan fingerprint density at radius 2 is 1.86 bits per heavy atom. The van der Waals surface area contributed by atoms with E-state index in [0.29, 0.717) is 22.9 Å². The minimum absolute atomic E-state index is 0.123. The van der Waals surface area contributed by atoms with Gasteiger partial charge in [-0.2, -0.15) is 0 Å². The number of carbonyl (C=O) groups is 1. The predicted octanol–water partition coefficient (Wildman–Crippen LogP) is 5.07. The summed E-state index contributed by atoms with van der Waals surface area (Å²) in [6, 6.07) is 20.1. The molecule has 1 atom stereocenters. The lowest BCUT2D eigenvalue weighted by Crippen LogP contribution is -2.37. The number of likely N-dealkylation sites (tertiary alicyclic amines) is 1. The average Bonchev–Trinajstić information content (AvgIpc) is 3.28. The van der Waals surface area contributed by atoms with Gasteiger partial charge in [-0.05, 0) is 60.5 Å². The van der Waals surface area contributed by atoms with Crippen LogP contribution in [0, 0.1) is 0 Å². The second-order valence-corrected chi connectivity index (χ2v) is 7.82. The number of hydrogen-bond donors (Lipinski definition) is 1. The topological polar surface area (TPSA) is 41.6 Å². The van der Waals surface area contributed by atoms with Gasteiger partial charge in [0, 0.05) is 11.6 Å². The van der Waals surface area contributed by atoms with Crippen molar-refractivity contribution < 1.29 is 9.53 Å².